The molecular formula is C14H15ClN4O2S. The first-order valence-electron chi connectivity index (χ1n) is 6.32. The normalized spacial score (nSPS) is 11.3. The minimum absolute atomic E-state index is 0. The van der Waals surface area contributed by atoms with Gasteiger partial charge in [-0.3, -0.25) is 0 Å². The van der Waals surface area contributed by atoms with Gasteiger partial charge in [0.1, 0.15) is 5.65 Å². The molecule has 22 heavy (non-hydrogen) atoms. The molecule has 6 nitrogen and oxygen atoms in total. The highest BCUT2D eigenvalue weighted by Crippen LogP contribution is 2.26. The van der Waals surface area contributed by atoms with Crippen LogP contribution in [0.1, 0.15) is 5.56 Å². The van der Waals surface area contributed by atoms with Crippen molar-refractivity contribution in [2.75, 3.05) is 0 Å². The van der Waals surface area contributed by atoms with Crippen molar-refractivity contribution in [3.8, 4) is 11.1 Å². The molecule has 116 valence electrons. The van der Waals surface area contributed by atoms with E-state index in [0.717, 1.165) is 27.7 Å². The van der Waals surface area contributed by atoms with Gasteiger partial charge < -0.3 is 4.98 Å². The Hall–Kier alpha value is -1.93. The summed E-state index contributed by atoms with van der Waals surface area (Å²) in [7, 11) is -3.67. The number of pyridine rings is 1. The number of nitrogens with two attached hydrogens (primary N) is 1. The van der Waals surface area contributed by atoms with Crippen molar-refractivity contribution >= 4 is 33.6 Å². The molecule has 0 bridgehead atoms. The van der Waals surface area contributed by atoms with Crippen LogP contribution >= 0.6 is 12.4 Å². The number of rotatable bonds is 4. The number of nitrogens with zero attached hydrogens (tertiary/aromatic N) is 1. The number of nitrogens with one attached hydrogen (secondary N) is 2. The van der Waals surface area contributed by atoms with E-state index in [1.54, 1.807) is 6.20 Å². The Labute approximate surface area is 134 Å². The number of aromatic amines is 1. The van der Waals surface area contributed by atoms with E-state index in [9.17, 15) is 8.42 Å². The highest BCUT2D eigenvalue weighted by atomic mass is 35.5. The Kier molecular flexibility index (Phi) is 4.82. The Morgan fingerprint density at radius 1 is 1.14 bits per heavy atom. The fraction of sp³-hybridized carbons (Fsp3) is 0.0714. The van der Waals surface area contributed by atoms with Crippen LogP contribution in [0, 0.1) is 0 Å². The van der Waals surface area contributed by atoms with E-state index < -0.39 is 10.2 Å². The fourth-order valence-electron chi connectivity index (χ4n) is 2.20. The zero-order chi connectivity index (χ0) is 14.9. The number of H-pyrrole nitrogens is 1. The molecule has 0 fully saturated rings. The second kappa shape index (κ2) is 6.45. The zero-order valence-corrected chi connectivity index (χ0v) is 13.1. The lowest BCUT2D eigenvalue weighted by Gasteiger charge is -2.06. The third kappa shape index (κ3) is 3.63. The number of aromatic nitrogens is 2. The summed E-state index contributed by atoms with van der Waals surface area (Å²) < 4.78 is 24.0. The monoisotopic (exact) mass is 338 g/mol. The Morgan fingerprint density at radius 2 is 1.86 bits per heavy atom. The first-order chi connectivity index (χ1) is 10.0. The average Bonchev–Trinajstić information content (AvgIpc) is 2.93. The largest absolute Gasteiger partial charge is 0.346 e. The van der Waals surface area contributed by atoms with Crippen LogP contribution in [-0.2, 0) is 16.8 Å². The second-order valence-corrected chi connectivity index (χ2v) is 6.04. The Balaban J connectivity index is 0.00000176. The molecule has 0 aliphatic carbocycles. The van der Waals surface area contributed by atoms with Gasteiger partial charge in [0.05, 0.1) is 0 Å². The van der Waals surface area contributed by atoms with Crippen molar-refractivity contribution in [1.29, 1.82) is 0 Å². The van der Waals surface area contributed by atoms with Crippen molar-refractivity contribution in [2.45, 2.75) is 6.54 Å². The minimum atomic E-state index is -3.67. The summed E-state index contributed by atoms with van der Waals surface area (Å²) >= 11 is 0. The van der Waals surface area contributed by atoms with Crippen LogP contribution in [0.15, 0.2) is 48.8 Å². The number of hydrogen-bond acceptors (Lipinski definition) is 3. The molecule has 0 atom stereocenters. The van der Waals surface area contributed by atoms with Gasteiger partial charge in [0.15, 0.2) is 0 Å². The van der Waals surface area contributed by atoms with Gasteiger partial charge in [0, 0.05) is 24.3 Å². The van der Waals surface area contributed by atoms with E-state index in [1.165, 1.54) is 0 Å². The molecule has 0 unspecified atom stereocenters. The molecule has 3 aromatic rings. The van der Waals surface area contributed by atoms with Gasteiger partial charge in [-0.15, -0.1) is 12.4 Å². The van der Waals surface area contributed by atoms with Crippen LogP contribution in [0.2, 0.25) is 0 Å². The molecule has 4 N–H and O–H groups in total. The SMILES string of the molecule is Cl.NS(=O)(=O)NCc1ccc(-c2ccnc3[nH]ccc23)cc1. The summed E-state index contributed by atoms with van der Waals surface area (Å²) in [6.45, 7) is 0.176. The van der Waals surface area contributed by atoms with Crippen molar-refractivity contribution in [1.82, 2.24) is 14.7 Å². The van der Waals surface area contributed by atoms with Crippen LogP contribution in [0.3, 0.4) is 0 Å². The summed E-state index contributed by atoms with van der Waals surface area (Å²) in [6, 6.07) is 11.6. The highest BCUT2D eigenvalue weighted by Gasteiger charge is 2.06. The lowest BCUT2D eigenvalue weighted by atomic mass is 10.0. The first kappa shape index (κ1) is 16.4. The van der Waals surface area contributed by atoms with Gasteiger partial charge in [-0.25, -0.2) is 10.1 Å². The topological polar surface area (TPSA) is 101 Å². The lowest BCUT2D eigenvalue weighted by molar-refractivity contribution is 0.583. The quantitative estimate of drug-likeness (QED) is 0.677. The number of hydrogen-bond donors (Lipinski definition) is 3. The van der Waals surface area contributed by atoms with Crippen molar-refractivity contribution in [3.05, 3.63) is 54.4 Å². The van der Waals surface area contributed by atoms with E-state index in [0.29, 0.717) is 0 Å². The molecule has 2 heterocycles. The maximum absolute atomic E-state index is 10.9. The van der Waals surface area contributed by atoms with Crippen LogP contribution < -0.4 is 9.86 Å². The average molecular weight is 339 g/mol. The molecule has 0 aliphatic heterocycles. The van der Waals surface area contributed by atoms with E-state index in [4.69, 9.17) is 5.14 Å². The van der Waals surface area contributed by atoms with Crippen molar-refractivity contribution in [3.63, 3.8) is 0 Å². The van der Waals surface area contributed by atoms with E-state index >= 15 is 0 Å². The summed E-state index contributed by atoms with van der Waals surface area (Å²) in [6.07, 6.45) is 3.61. The van der Waals surface area contributed by atoms with E-state index in [-0.39, 0.29) is 19.0 Å². The minimum Gasteiger partial charge on any atom is -0.346 e. The van der Waals surface area contributed by atoms with Crippen LogP contribution in [0.5, 0.6) is 0 Å². The van der Waals surface area contributed by atoms with Gasteiger partial charge in [-0.05, 0) is 28.8 Å². The van der Waals surface area contributed by atoms with Crippen molar-refractivity contribution in [2.24, 2.45) is 5.14 Å². The molecule has 2 aromatic heterocycles. The third-order valence-corrected chi connectivity index (χ3v) is 3.75. The van der Waals surface area contributed by atoms with Crippen molar-refractivity contribution < 1.29 is 8.42 Å². The highest BCUT2D eigenvalue weighted by molar-refractivity contribution is 7.87. The van der Waals surface area contributed by atoms with Crippen LogP contribution in [-0.4, -0.2) is 18.4 Å². The van der Waals surface area contributed by atoms with Gasteiger partial charge in [-0.1, -0.05) is 24.3 Å². The molecule has 0 aliphatic rings. The number of fused-ring (bicyclic) bond motifs is 1. The molecule has 0 radical (unpaired) electrons. The van der Waals surface area contributed by atoms with Gasteiger partial charge in [0.2, 0.25) is 0 Å². The molecule has 0 saturated heterocycles. The molecule has 0 amide bonds. The fourth-order valence-corrected chi connectivity index (χ4v) is 2.57. The Morgan fingerprint density at radius 3 is 2.55 bits per heavy atom. The molecule has 0 saturated carbocycles. The lowest BCUT2D eigenvalue weighted by Crippen LogP contribution is -2.30. The van der Waals surface area contributed by atoms with Crippen LogP contribution in [0.4, 0.5) is 0 Å². The molecule has 0 spiro atoms. The summed E-state index contributed by atoms with van der Waals surface area (Å²) in [4.78, 5) is 7.33. The first-order valence-corrected chi connectivity index (χ1v) is 7.86. The predicted molar refractivity (Wildman–Crippen MR) is 88.7 cm³/mol. The third-order valence-electron chi connectivity index (χ3n) is 3.20. The van der Waals surface area contributed by atoms with Gasteiger partial charge in [-0.2, -0.15) is 13.1 Å². The molecule has 8 heteroatoms. The van der Waals surface area contributed by atoms with E-state index in [2.05, 4.69) is 14.7 Å². The number of halogens is 1. The summed E-state index contributed by atoms with van der Waals surface area (Å²) in [5.41, 5.74) is 3.80. The second-order valence-electron chi connectivity index (χ2n) is 4.66. The maximum atomic E-state index is 10.9. The summed E-state index contributed by atoms with van der Waals surface area (Å²) in [5.74, 6) is 0. The molecule has 3 rings (SSSR count). The Bertz CT molecular complexity index is 875. The number of benzene rings is 1. The molecular weight excluding hydrogens is 324 g/mol. The zero-order valence-electron chi connectivity index (χ0n) is 11.5. The standard InChI is InChI=1S/C14H14N4O2S.ClH/c15-21(19,20)18-9-10-1-3-11(4-2-10)12-5-7-16-14-13(12)6-8-17-14;/h1-8,18H,9H2,(H,16,17)(H2,15,19,20);1H. The summed E-state index contributed by atoms with van der Waals surface area (Å²) in [5, 5.41) is 5.95. The van der Waals surface area contributed by atoms with Gasteiger partial charge >= 0.3 is 0 Å². The van der Waals surface area contributed by atoms with Crippen LogP contribution in [0.25, 0.3) is 22.2 Å². The van der Waals surface area contributed by atoms with Gasteiger partial charge in [0.25, 0.3) is 10.2 Å². The molecule has 1 aromatic carbocycles. The predicted octanol–water partition coefficient (Wildman–Crippen LogP) is 1.94. The smallest absolute Gasteiger partial charge is 0.274 e. The maximum Gasteiger partial charge on any atom is 0.274 e. The van der Waals surface area contributed by atoms with E-state index in [1.807, 2.05) is 42.6 Å².